The van der Waals surface area contributed by atoms with E-state index in [1.165, 1.54) is 6.07 Å². The molecular formula is C22H19NO4S. The van der Waals surface area contributed by atoms with Crippen molar-refractivity contribution in [2.24, 2.45) is 0 Å². The number of sulfonamides is 1. The van der Waals surface area contributed by atoms with Crippen LogP contribution in [0.2, 0.25) is 0 Å². The van der Waals surface area contributed by atoms with Crippen molar-refractivity contribution in [2.75, 3.05) is 4.31 Å². The van der Waals surface area contributed by atoms with Crippen LogP contribution in [0.4, 0.5) is 5.69 Å². The number of benzene rings is 3. The first-order valence-electron chi connectivity index (χ1n) is 8.89. The summed E-state index contributed by atoms with van der Waals surface area (Å²) in [5.74, 6) is -1.77. The van der Waals surface area contributed by atoms with Crippen LogP contribution in [-0.2, 0) is 14.8 Å². The van der Waals surface area contributed by atoms with E-state index in [1.54, 1.807) is 49.4 Å². The van der Waals surface area contributed by atoms with E-state index in [1.807, 2.05) is 30.3 Å². The van der Waals surface area contributed by atoms with Crippen LogP contribution in [0.15, 0.2) is 83.8 Å². The highest BCUT2D eigenvalue weighted by Crippen LogP contribution is 2.47. The monoisotopic (exact) mass is 393 g/mol. The standard InChI is InChI=1S/C22H19NO4S/c1-15-9-5-8-14-19(15)28(26,27)23-18-13-7-6-12-17(18)20(21(23)22(24)25)16-10-3-2-4-11-16/h2-14,20-21H,1H3,(H,24,25). The number of carbonyl (C=O) groups is 1. The quantitative estimate of drug-likeness (QED) is 0.732. The first kappa shape index (κ1) is 18.3. The first-order chi connectivity index (χ1) is 13.4. The maximum absolute atomic E-state index is 13.6. The lowest BCUT2D eigenvalue weighted by molar-refractivity contribution is -0.138. The Balaban J connectivity index is 1.97. The number of nitrogens with zero attached hydrogens (tertiary/aromatic N) is 1. The molecule has 0 amide bonds. The molecular weight excluding hydrogens is 374 g/mol. The summed E-state index contributed by atoms with van der Waals surface area (Å²) in [6.45, 7) is 1.71. The molecule has 0 saturated heterocycles. The highest BCUT2D eigenvalue weighted by atomic mass is 32.2. The van der Waals surface area contributed by atoms with Gasteiger partial charge < -0.3 is 5.11 Å². The van der Waals surface area contributed by atoms with Gasteiger partial charge in [0.25, 0.3) is 10.0 Å². The highest BCUT2D eigenvalue weighted by Gasteiger charge is 2.49. The molecule has 4 rings (SSSR count). The summed E-state index contributed by atoms with van der Waals surface area (Å²) in [7, 11) is -4.07. The van der Waals surface area contributed by atoms with Crippen molar-refractivity contribution >= 4 is 21.7 Å². The van der Waals surface area contributed by atoms with E-state index in [-0.39, 0.29) is 4.90 Å². The van der Waals surface area contributed by atoms with Crippen molar-refractivity contribution in [3.05, 3.63) is 95.6 Å². The zero-order chi connectivity index (χ0) is 19.9. The number of carboxylic acid groups (broad SMARTS) is 1. The number of carboxylic acids is 1. The fourth-order valence-electron chi connectivity index (χ4n) is 3.90. The molecule has 142 valence electrons. The van der Waals surface area contributed by atoms with Crippen molar-refractivity contribution in [3.63, 3.8) is 0 Å². The SMILES string of the molecule is Cc1ccccc1S(=O)(=O)N1c2ccccc2C(c2ccccc2)C1C(=O)O. The van der Waals surface area contributed by atoms with Crippen molar-refractivity contribution in [1.29, 1.82) is 0 Å². The van der Waals surface area contributed by atoms with E-state index >= 15 is 0 Å². The van der Waals surface area contributed by atoms with Crippen LogP contribution in [0.25, 0.3) is 0 Å². The van der Waals surface area contributed by atoms with E-state index in [0.717, 1.165) is 9.87 Å². The number of hydrogen-bond donors (Lipinski definition) is 1. The second-order valence-corrected chi connectivity index (χ2v) is 8.58. The van der Waals surface area contributed by atoms with Gasteiger partial charge in [0.2, 0.25) is 0 Å². The number of anilines is 1. The van der Waals surface area contributed by atoms with Crippen molar-refractivity contribution in [1.82, 2.24) is 0 Å². The van der Waals surface area contributed by atoms with Gasteiger partial charge in [-0.2, -0.15) is 0 Å². The molecule has 0 aromatic heterocycles. The van der Waals surface area contributed by atoms with Gasteiger partial charge in [-0.25, -0.2) is 13.2 Å². The van der Waals surface area contributed by atoms with Crippen molar-refractivity contribution in [2.45, 2.75) is 23.8 Å². The zero-order valence-electron chi connectivity index (χ0n) is 15.2. The third kappa shape index (κ3) is 2.77. The zero-order valence-corrected chi connectivity index (χ0v) is 16.0. The Morgan fingerprint density at radius 2 is 1.50 bits per heavy atom. The summed E-state index contributed by atoms with van der Waals surface area (Å²) < 4.78 is 28.2. The number of aryl methyl sites for hydroxylation is 1. The average molecular weight is 393 g/mol. The van der Waals surface area contributed by atoms with Crippen LogP contribution >= 0.6 is 0 Å². The van der Waals surface area contributed by atoms with Crippen LogP contribution < -0.4 is 4.31 Å². The lowest BCUT2D eigenvalue weighted by Gasteiger charge is -2.27. The molecule has 0 radical (unpaired) electrons. The number of aliphatic carboxylic acids is 1. The van der Waals surface area contributed by atoms with E-state index in [0.29, 0.717) is 16.8 Å². The minimum atomic E-state index is -4.07. The molecule has 1 aliphatic rings. The fraction of sp³-hybridized carbons (Fsp3) is 0.136. The van der Waals surface area contributed by atoms with Gasteiger partial charge in [-0.1, -0.05) is 66.7 Å². The van der Waals surface area contributed by atoms with Gasteiger partial charge in [-0.15, -0.1) is 0 Å². The Bertz CT molecular complexity index is 1140. The van der Waals surface area contributed by atoms with E-state index in [9.17, 15) is 18.3 Å². The minimum absolute atomic E-state index is 0.116. The smallest absolute Gasteiger partial charge is 0.328 e. The summed E-state index contributed by atoms with van der Waals surface area (Å²) in [6.07, 6.45) is 0. The number of rotatable bonds is 4. The molecule has 3 aromatic carbocycles. The summed E-state index contributed by atoms with van der Waals surface area (Å²) in [5.41, 5.74) is 2.45. The second kappa shape index (κ2) is 6.80. The number of para-hydroxylation sites is 1. The normalized spacial score (nSPS) is 18.7. The van der Waals surface area contributed by atoms with E-state index in [2.05, 4.69) is 0 Å². The maximum Gasteiger partial charge on any atom is 0.328 e. The van der Waals surface area contributed by atoms with Gasteiger partial charge in [0, 0.05) is 5.92 Å². The lowest BCUT2D eigenvalue weighted by atomic mass is 9.88. The molecule has 2 unspecified atom stereocenters. The number of hydrogen-bond acceptors (Lipinski definition) is 3. The molecule has 2 atom stereocenters. The lowest BCUT2D eigenvalue weighted by Crippen LogP contribution is -2.44. The highest BCUT2D eigenvalue weighted by molar-refractivity contribution is 7.93. The molecule has 0 aliphatic carbocycles. The van der Waals surface area contributed by atoms with Crippen LogP contribution in [0, 0.1) is 6.92 Å². The van der Waals surface area contributed by atoms with Crippen molar-refractivity contribution < 1.29 is 18.3 Å². The molecule has 1 heterocycles. The summed E-state index contributed by atoms with van der Waals surface area (Å²) in [6, 6.07) is 21.5. The van der Waals surface area contributed by atoms with Gasteiger partial charge >= 0.3 is 5.97 Å². The Kier molecular flexibility index (Phi) is 4.43. The first-order valence-corrected chi connectivity index (χ1v) is 10.3. The molecule has 0 bridgehead atoms. The third-order valence-electron chi connectivity index (χ3n) is 5.12. The summed E-state index contributed by atoms with van der Waals surface area (Å²) in [4.78, 5) is 12.4. The second-order valence-electron chi connectivity index (χ2n) is 6.80. The molecule has 28 heavy (non-hydrogen) atoms. The molecule has 1 N–H and O–H groups in total. The van der Waals surface area contributed by atoms with Crippen LogP contribution in [0.5, 0.6) is 0 Å². The van der Waals surface area contributed by atoms with Gasteiger partial charge in [0.1, 0.15) is 0 Å². The Morgan fingerprint density at radius 1 is 0.893 bits per heavy atom. The molecule has 0 spiro atoms. The third-order valence-corrected chi connectivity index (χ3v) is 7.08. The van der Waals surface area contributed by atoms with Gasteiger partial charge in [0.05, 0.1) is 10.6 Å². The molecule has 5 nitrogen and oxygen atoms in total. The molecule has 0 saturated carbocycles. The predicted octanol–water partition coefficient (Wildman–Crippen LogP) is 3.79. The predicted molar refractivity (Wildman–Crippen MR) is 107 cm³/mol. The molecule has 3 aromatic rings. The topological polar surface area (TPSA) is 74.7 Å². The largest absolute Gasteiger partial charge is 0.480 e. The van der Waals surface area contributed by atoms with E-state index < -0.39 is 28.0 Å². The van der Waals surface area contributed by atoms with Crippen LogP contribution in [0.1, 0.15) is 22.6 Å². The van der Waals surface area contributed by atoms with E-state index in [4.69, 9.17) is 0 Å². The van der Waals surface area contributed by atoms with Gasteiger partial charge in [0.15, 0.2) is 6.04 Å². The Labute approximate surface area is 163 Å². The average Bonchev–Trinajstić information content (AvgIpc) is 3.05. The van der Waals surface area contributed by atoms with Crippen LogP contribution in [0.3, 0.4) is 0 Å². The fourth-order valence-corrected chi connectivity index (χ4v) is 5.78. The molecule has 0 fully saturated rings. The minimum Gasteiger partial charge on any atom is -0.480 e. The molecule has 1 aliphatic heterocycles. The van der Waals surface area contributed by atoms with Gasteiger partial charge in [-0.3, -0.25) is 4.31 Å². The summed E-state index contributed by atoms with van der Waals surface area (Å²) >= 11 is 0. The Morgan fingerprint density at radius 3 is 2.18 bits per heavy atom. The summed E-state index contributed by atoms with van der Waals surface area (Å²) in [5, 5.41) is 10.1. The maximum atomic E-state index is 13.6. The Hall–Kier alpha value is -3.12. The molecule has 6 heteroatoms. The number of fused-ring (bicyclic) bond motifs is 1. The van der Waals surface area contributed by atoms with Crippen LogP contribution in [-0.4, -0.2) is 25.5 Å². The van der Waals surface area contributed by atoms with Crippen molar-refractivity contribution in [3.8, 4) is 0 Å². The van der Waals surface area contributed by atoms with Gasteiger partial charge in [-0.05, 0) is 35.7 Å².